The minimum atomic E-state index is -0.320. The molecule has 21 heavy (non-hydrogen) atoms. The summed E-state index contributed by atoms with van der Waals surface area (Å²) in [5, 5.41) is 11.9. The van der Waals surface area contributed by atoms with Gasteiger partial charge in [0, 0.05) is 16.3 Å². The lowest BCUT2D eigenvalue weighted by Crippen LogP contribution is -2.26. The Kier molecular flexibility index (Phi) is 5.30. The first kappa shape index (κ1) is 15.0. The second-order valence-electron chi connectivity index (χ2n) is 4.61. The lowest BCUT2D eigenvalue weighted by atomic mass is 10.1. The molecule has 0 saturated heterocycles. The van der Waals surface area contributed by atoms with E-state index in [2.05, 4.69) is 5.32 Å². The minimum absolute atomic E-state index is 0.143. The monoisotopic (exact) mass is 296 g/mol. The molecule has 0 atom stereocenters. The number of carbonyl (C=O) groups excluding carboxylic acids is 1. The second-order valence-corrected chi connectivity index (χ2v) is 5.93. The normalized spacial score (nSPS) is 11.0. The molecule has 1 aromatic heterocycles. The number of carbonyl (C=O) groups is 1. The zero-order valence-corrected chi connectivity index (χ0v) is 12.6. The van der Waals surface area contributed by atoms with Crippen molar-refractivity contribution in [3.63, 3.8) is 0 Å². The van der Waals surface area contributed by atoms with Gasteiger partial charge in [0.15, 0.2) is 0 Å². The number of nitrogens with one attached hydrogen (secondary N) is 1. The maximum absolute atomic E-state index is 12.0. The van der Waals surface area contributed by atoms with Crippen LogP contribution in [0, 0.1) is 18.3 Å². The van der Waals surface area contributed by atoms with Crippen LogP contribution in [0.5, 0.6) is 0 Å². The molecule has 1 aromatic carbocycles. The quantitative estimate of drug-likeness (QED) is 0.679. The van der Waals surface area contributed by atoms with Crippen LogP contribution in [0.2, 0.25) is 0 Å². The van der Waals surface area contributed by atoms with Crippen LogP contribution in [-0.2, 0) is 11.2 Å². The van der Waals surface area contributed by atoms with E-state index in [1.807, 2.05) is 55.5 Å². The van der Waals surface area contributed by atoms with Crippen molar-refractivity contribution >= 4 is 23.3 Å². The van der Waals surface area contributed by atoms with Crippen molar-refractivity contribution in [2.24, 2.45) is 0 Å². The molecule has 1 amide bonds. The van der Waals surface area contributed by atoms with E-state index < -0.39 is 0 Å². The molecule has 0 aliphatic rings. The molecule has 2 aromatic rings. The van der Waals surface area contributed by atoms with Gasteiger partial charge in [-0.2, -0.15) is 5.26 Å². The number of hydrogen-bond donors (Lipinski definition) is 1. The van der Waals surface area contributed by atoms with Crippen LogP contribution < -0.4 is 5.32 Å². The first-order valence-corrected chi connectivity index (χ1v) is 7.51. The highest BCUT2D eigenvalue weighted by Crippen LogP contribution is 2.18. The lowest BCUT2D eigenvalue weighted by Gasteiger charge is -2.04. The summed E-state index contributed by atoms with van der Waals surface area (Å²) in [6.45, 7) is 2.51. The third kappa shape index (κ3) is 4.59. The molecule has 0 unspecified atom stereocenters. The van der Waals surface area contributed by atoms with Gasteiger partial charge in [-0.15, -0.1) is 11.3 Å². The number of aryl methyl sites for hydroxylation is 1. The van der Waals surface area contributed by atoms with E-state index in [9.17, 15) is 4.79 Å². The Bertz CT molecular complexity index is 680. The van der Waals surface area contributed by atoms with E-state index in [0.29, 0.717) is 6.54 Å². The van der Waals surface area contributed by atoms with Crippen molar-refractivity contribution in [1.29, 1.82) is 5.26 Å². The van der Waals surface area contributed by atoms with Crippen molar-refractivity contribution in [3.05, 3.63) is 63.4 Å². The Labute approximate surface area is 128 Å². The van der Waals surface area contributed by atoms with E-state index in [4.69, 9.17) is 5.26 Å². The van der Waals surface area contributed by atoms with Gasteiger partial charge in [-0.25, -0.2) is 0 Å². The highest BCUT2D eigenvalue weighted by Gasteiger charge is 2.08. The van der Waals surface area contributed by atoms with Crippen LogP contribution in [-0.4, -0.2) is 12.5 Å². The van der Waals surface area contributed by atoms with E-state index in [1.165, 1.54) is 0 Å². The Balaban J connectivity index is 1.92. The Morgan fingerprint density at radius 3 is 2.67 bits per heavy atom. The molecule has 0 radical (unpaired) electrons. The molecule has 106 valence electrons. The van der Waals surface area contributed by atoms with Gasteiger partial charge in [-0.1, -0.05) is 30.3 Å². The molecule has 0 aliphatic heterocycles. The Hall–Kier alpha value is -2.38. The molecule has 4 heteroatoms. The first-order chi connectivity index (χ1) is 10.2. The topological polar surface area (TPSA) is 52.9 Å². The third-order valence-electron chi connectivity index (χ3n) is 2.95. The maximum Gasteiger partial charge on any atom is 0.261 e. The molecular weight excluding hydrogens is 280 g/mol. The standard InChI is InChI=1S/C17H16N2OS/c1-13-7-8-16(21-13)11-15(12-18)17(20)19-10-9-14-5-3-2-4-6-14/h2-8,11H,9-10H2,1H3,(H,19,20)/b15-11+. The summed E-state index contributed by atoms with van der Waals surface area (Å²) in [6, 6.07) is 15.8. The molecule has 2 rings (SSSR count). The largest absolute Gasteiger partial charge is 0.351 e. The molecule has 0 bridgehead atoms. The van der Waals surface area contributed by atoms with Gasteiger partial charge in [0.2, 0.25) is 0 Å². The van der Waals surface area contributed by atoms with Crippen LogP contribution in [0.25, 0.3) is 6.08 Å². The number of rotatable bonds is 5. The van der Waals surface area contributed by atoms with Gasteiger partial charge in [-0.3, -0.25) is 4.79 Å². The fourth-order valence-corrected chi connectivity index (χ4v) is 2.70. The van der Waals surface area contributed by atoms with Gasteiger partial charge in [0.05, 0.1) is 0 Å². The summed E-state index contributed by atoms with van der Waals surface area (Å²) in [7, 11) is 0. The predicted molar refractivity (Wildman–Crippen MR) is 85.8 cm³/mol. The molecule has 0 spiro atoms. The van der Waals surface area contributed by atoms with Crippen molar-refractivity contribution in [3.8, 4) is 6.07 Å². The zero-order chi connectivity index (χ0) is 15.1. The summed E-state index contributed by atoms with van der Waals surface area (Å²) < 4.78 is 0. The molecule has 3 nitrogen and oxygen atoms in total. The summed E-state index contributed by atoms with van der Waals surface area (Å²) in [5.41, 5.74) is 1.30. The van der Waals surface area contributed by atoms with E-state index in [1.54, 1.807) is 17.4 Å². The molecule has 0 saturated carbocycles. The summed E-state index contributed by atoms with van der Waals surface area (Å²) >= 11 is 1.56. The average molecular weight is 296 g/mol. The van der Waals surface area contributed by atoms with E-state index in [0.717, 1.165) is 21.7 Å². The number of amides is 1. The Morgan fingerprint density at radius 1 is 1.29 bits per heavy atom. The van der Waals surface area contributed by atoms with Crippen LogP contribution in [0.1, 0.15) is 15.3 Å². The van der Waals surface area contributed by atoms with Crippen LogP contribution >= 0.6 is 11.3 Å². The lowest BCUT2D eigenvalue weighted by molar-refractivity contribution is -0.117. The van der Waals surface area contributed by atoms with E-state index >= 15 is 0 Å². The highest BCUT2D eigenvalue weighted by molar-refractivity contribution is 7.12. The zero-order valence-electron chi connectivity index (χ0n) is 11.8. The maximum atomic E-state index is 12.0. The van der Waals surface area contributed by atoms with Crippen molar-refractivity contribution in [1.82, 2.24) is 5.32 Å². The molecule has 0 fully saturated rings. The molecule has 0 aliphatic carbocycles. The Morgan fingerprint density at radius 2 is 2.05 bits per heavy atom. The van der Waals surface area contributed by atoms with Crippen LogP contribution in [0.15, 0.2) is 48.0 Å². The number of hydrogen-bond acceptors (Lipinski definition) is 3. The SMILES string of the molecule is Cc1ccc(/C=C(\C#N)C(=O)NCCc2ccccc2)s1. The smallest absolute Gasteiger partial charge is 0.261 e. The highest BCUT2D eigenvalue weighted by atomic mass is 32.1. The summed E-state index contributed by atoms with van der Waals surface area (Å²) in [5.74, 6) is -0.320. The van der Waals surface area contributed by atoms with Gasteiger partial charge < -0.3 is 5.32 Å². The third-order valence-corrected chi connectivity index (χ3v) is 3.90. The molecule has 1 N–H and O–H groups in total. The fourth-order valence-electron chi connectivity index (χ4n) is 1.88. The van der Waals surface area contributed by atoms with Crippen LogP contribution in [0.3, 0.4) is 0 Å². The van der Waals surface area contributed by atoms with Crippen molar-refractivity contribution < 1.29 is 4.79 Å². The fraction of sp³-hybridized carbons (Fsp3) is 0.176. The van der Waals surface area contributed by atoms with Crippen molar-refractivity contribution in [2.45, 2.75) is 13.3 Å². The molecular formula is C17H16N2OS. The molecule has 1 heterocycles. The summed E-state index contributed by atoms with van der Waals surface area (Å²) in [6.07, 6.45) is 2.39. The average Bonchev–Trinajstić information content (AvgIpc) is 2.91. The summed E-state index contributed by atoms with van der Waals surface area (Å²) in [4.78, 5) is 14.1. The predicted octanol–water partition coefficient (Wildman–Crippen LogP) is 3.32. The second kappa shape index (κ2) is 7.41. The van der Waals surface area contributed by atoms with Crippen molar-refractivity contribution in [2.75, 3.05) is 6.54 Å². The first-order valence-electron chi connectivity index (χ1n) is 6.69. The van der Waals surface area contributed by atoms with Gasteiger partial charge in [0.1, 0.15) is 11.6 Å². The van der Waals surface area contributed by atoms with Crippen LogP contribution in [0.4, 0.5) is 0 Å². The van der Waals surface area contributed by atoms with Gasteiger partial charge >= 0.3 is 0 Å². The number of nitriles is 1. The van der Waals surface area contributed by atoms with E-state index in [-0.39, 0.29) is 11.5 Å². The van der Waals surface area contributed by atoms with Gasteiger partial charge in [0.25, 0.3) is 5.91 Å². The van der Waals surface area contributed by atoms with Gasteiger partial charge in [-0.05, 0) is 37.1 Å². The number of benzene rings is 1. The number of thiophene rings is 1. The number of nitrogens with zero attached hydrogens (tertiary/aromatic N) is 1. The minimum Gasteiger partial charge on any atom is -0.351 e.